The number of benzene rings is 4. The molecule has 0 nitrogen and oxygen atoms in total. The molecule has 0 heterocycles. The Labute approximate surface area is 244 Å². The summed E-state index contributed by atoms with van der Waals surface area (Å²) in [5, 5.41) is 0. The largest absolute Gasteiger partial charge is 1.00 e. The Kier molecular flexibility index (Phi) is 8.70. The summed E-state index contributed by atoms with van der Waals surface area (Å²) in [6, 6.07) is 31.7. The zero-order valence-electron chi connectivity index (χ0n) is 21.4. The molecule has 1 unspecified atom stereocenters. The second-order valence-electron chi connectivity index (χ2n) is 9.70. The van der Waals surface area contributed by atoms with Crippen molar-refractivity contribution in [3.05, 3.63) is 148 Å². The number of rotatable bonds is 4. The third kappa shape index (κ3) is 4.95. The first-order valence-corrected chi connectivity index (χ1v) is 15.1. The Hall–Kier alpha value is -2.31. The molecule has 0 saturated carbocycles. The van der Waals surface area contributed by atoms with Crippen LogP contribution in [-0.2, 0) is 22.8 Å². The van der Waals surface area contributed by atoms with Gasteiger partial charge < -0.3 is 24.8 Å². The van der Waals surface area contributed by atoms with Crippen LogP contribution in [0.3, 0.4) is 0 Å². The molecule has 0 aliphatic heterocycles. The Bertz CT molecular complexity index is 1490. The van der Waals surface area contributed by atoms with E-state index < -0.39 is 22.8 Å². The van der Waals surface area contributed by atoms with E-state index in [0.717, 1.165) is 6.42 Å². The molecule has 0 spiro atoms. The van der Waals surface area contributed by atoms with Gasteiger partial charge >= 0.3 is 221 Å². The summed E-state index contributed by atoms with van der Waals surface area (Å²) in [7, 11) is 0. The fourth-order valence-corrected chi connectivity index (χ4v) is 10.2. The minimum atomic E-state index is -1.12. The second-order valence-corrected chi connectivity index (χ2v) is 13.1. The van der Waals surface area contributed by atoms with Gasteiger partial charge in [-0.15, -0.1) is 0 Å². The predicted octanol–water partition coefficient (Wildman–Crippen LogP) is 2.38. The molecule has 0 aromatic heterocycles. The van der Waals surface area contributed by atoms with Crippen LogP contribution in [0.1, 0.15) is 54.6 Å². The standard InChI is InChI=1S/C21H19.C13H10.2ClH.Zr/c1-13-7-6-10-17-12-19-18(20(13)17)11-14(2)15(3)21(19)16-8-4-5-9-16;1-3-7-12(8-4-1)11-13-9-5-2-6-10-13;;;/h4-8,10-12H,9H2,1-3H3;1-10H;2*1H;/q;;;;+2/p-2. The Morgan fingerprint density at radius 3 is 1.97 bits per heavy atom. The molecule has 37 heavy (non-hydrogen) atoms. The van der Waals surface area contributed by atoms with Crippen LogP contribution in [0, 0.1) is 20.8 Å². The average Bonchev–Trinajstić information content (AvgIpc) is 3.52. The van der Waals surface area contributed by atoms with Crippen LogP contribution in [-0.4, -0.2) is 3.21 Å². The third-order valence-electron chi connectivity index (χ3n) is 7.57. The van der Waals surface area contributed by atoms with E-state index in [-0.39, 0.29) is 24.8 Å². The van der Waals surface area contributed by atoms with Crippen LogP contribution in [0.5, 0.6) is 0 Å². The van der Waals surface area contributed by atoms with Crippen LogP contribution < -0.4 is 24.8 Å². The van der Waals surface area contributed by atoms with Gasteiger partial charge in [-0.25, -0.2) is 0 Å². The minimum Gasteiger partial charge on any atom is -1.00 e. The van der Waals surface area contributed by atoms with Crippen molar-refractivity contribution in [3.63, 3.8) is 0 Å². The minimum absolute atomic E-state index is 0. The molecule has 6 rings (SSSR count). The summed E-state index contributed by atoms with van der Waals surface area (Å²) >= 11 is -1.12. The molecule has 0 amide bonds. The van der Waals surface area contributed by atoms with Crippen LogP contribution in [0.15, 0.2) is 103 Å². The predicted molar refractivity (Wildman–Crippen MR) is 146 cm³/mol. The molecule has 0 bridgehead atoms. The first-order chi connectivity index (χ1) is 17.1. The Morgan fingerprint density at radius 1 is 0.730 bits per heavy atom. The van der Waals surface area contributed by atoms with Gasteiger partial charge in [0.2, 0.25) is 0 Å². The number of hydrogen-bond donors (Lipinski definition) is 0. The van der Waals surface area contributed by atoms with Crippen LogP contribution >= 0.6 is 0 Å². The van der Waals surface area contributed by atoms with Gasteiger partial charge in [0.25, 0.3) is 0 Å². The van der Waals surface area contributed by atoms with E-state index >= 15 is 0 Å². The van der Waals surface area contributed by atoms with Crippen molar-refractivity contribution in [2.24, 2.45) is 0 Å². The molecule has 4 aromatic rings. The van der Waals surface area contributed by atoms with Gasteiger partial charge in [-0.3, -0.25) is 0 Å². The number of aryl methyl sites for hydroxylation is 2. The SMILES string of the molecule is Cc1cc2c(c(C3=CC=CC3)c1C)[CH]([Zr+2]=[C](c1ccccc1)c1ccccc1)c1cccc(C)c1-2.[Cl-].[Cl-]. The van der Waals surface area contributed by atoms with Crippen molar-refractivity contribution >= 4 is 8.78 Å². The molecule has 2 aliphatic carbocycles. The molecule has 3 heteroatoms. The van der Waals surface area contributed by atoms with E-state index in [9.17, 15) is 0 Å². The van der Waals surface area contributed by atoms with Gasteiger partial charge in [-0.2, -0.15) is 0 Å². The molecule has 4 aromatic carbocycles. The van der Waals surface area contributed by atoms with Crippen molar-refractivity contribution < 1.29 is 47.6 Å². The first-order valence-electron chi connectivity index (χ1n) is 12.5. The topological polar surface area (TPSA) is 0 Å². The van der Waals surface area contributed by atoms with Crippen molar-refractivity contribution in [1.29, 1.82) is 0 Å². The fraction of sp³-hybridized carbons (Fsp3) is 0.147. The van der Waals surface area contributed by atoms with Crippen molar-refractivity contribution in [1.82, 2.24) is 0 Å². The summed E-state index contributed by atoms with van der Waals surface area (Å²) in [5.41, 5.74) is 16.2. The van der Waals surface area contributed by atoms with E-state index in [1.165, 1.54) is 50.1 Å². The summed E-state index contributed by atoms with van der Waals surface area (Å²) in [6.07, 6.45) is 7.92. The van der Waals surface area contributed by atoms with Crippen molar-refractivity contribution in [2.45, 2.75) is 30.8 Å². The number of halogens is 2. The fourth-order valence-electron chi connectivity index (χ4n) is 5.78. The molecule has 0 saturated heterocycles. The maximum Gasteiger partial charge on any atom is -1.00 e. The Balaban J connectivity index is 0.00000160. The van der Waals surface area contributed by atoms with Crippen LogP contribution in [0.4, 0.5) is 0 Å². The smallest absolute Gasteiger partial charge is 1.00 e. The molecule has 0 radical (unpaired) electrons. The van der Waals surface area contributed by atoms with E-state index in [0.29, 0.717) is 3.63 Å². The number of fused-ring (bicyclic) bond motifs is 3. The van der Waals surface area contributed by atoms with E-state index in [1.807, 2.05) is 0 Å². The van der Waals surface area contributed by atoms with Crippen molar-refractivity contribution in [2.75, 3.05) is 0 Å². The quantitative estimate of drug-likeness (QED) is 0.338. The van der Waals surface area contributed by atoms with Crippen molar-refractivity contribution in [3.8, 4) is 11.1 Å². The van der Waals surface area contributed by atoms with Gasteiger partial charge in [0, 0.05) is 0 Å². The molecule has 183 valence electrons. The molecule has 0 N–H and O–H groups in total. The third-order valence-corrected chi connectivity index (χ3v) is 11.9. The first kappa shape index (κ1) is 27.7. The van der Waals surface area contributed by atoms with E-state index in [4.69, 9.17) is 0 Å². The number of allylic oxidation sites excluding steroid dienone is 4. The number of hydrogen-bond acceptors (Lipinski definition) is 0. The normalized spacial score (nSPS) is 14.6. The molecular weight excluding hydrogens is 571 g/mol. The molecule has 0 fully saturated rings. The molecule has 2 aliphatic rings. The summed E-state index contributed by atoms with van der Waals surface area (Å²) in [5.74, 6) is 0. The average molecular weight is 600 g/mol. The van der Waals surface area contributed by atoms with E-state index in [2.05, 4.69) is 124 Å². The Morgan fingerprint density at radius 2 is 1.38 bits per heavy atom. The van der Waals surface area contributed by atoms with Crippen LogP contribution in [0.25, 0.3) is 16.7 Å². The van der Waals surface area contributed by atoms with E-state index in [1.54, 1.807) is 14.3 Å². The maximum absolute atomic E-state index is 2.48. The second kappa shape index (κ2) is 11.6. The summed E-state index contributed by atoms with van der Waals surface area (Å²) < 4.78 is 2.08. The monoisotopic (exact) mass is 597 g/mol. The summed E-state index contributed by atoms with van der Waals surface area (Å²) in [6.45, 7) is 6.92. The van der Waals surface area contributed by atoms with Gasteiger partial charge in [-0.1, -0.05) is 0 Å². The zero-order valence-corrected chi connectivity index (χ0v) is 25.3. The van der Waals surface area contributed by atoms with Gasteiger partial charge in [-0.05, 0) is 0 Å². The maximum atomic E-state index is 2.48. The zero-order chi connectivity index (χ0) is 23.9. The van der Waals surface area contributed by atoms with Gasteiger partial charge in [0.05, 0.1) is 0 Å². The molecule has 1 atom stereocenters. The summed E-state index contributed by atoms with van der Waals surface area (Å²) in [4.78, 5) is 0. The van der Waals surface area contributed by atoms with Gasteiger partial charge in [0.15, 0.2) is 0 Å². The van der Waals surface area contributed by atoms with Crippen LogP contribution in [0.2, 0.25) is 0 Å². The van der Waals surface area contributed by atoms with Gasteiger partial charge in [0.1, 0.15) is 0 Å². The molecular formula is C34H29Cl2Zr.